The fraction of sp³-hybridized carbons (Fsp3) is 0.421. The first-order valence-corrected chi connectivity index (χ1v) is 8.59. The molecule has 3 rings (SSSR count). The number of pyridine rings is 2. The first kappa shape index (κ1) is 17.4. The maximum absolute atomic E-state index is 11.5. The number of hydrogen-bond donors (Lipinski definition) is 1. The molecule has 1 aliphatic rings. The molecule has 25 heavy (non-hydrogen) atoms. The van der Waals surface area contributed by atoms with Crippen molar-refractivity contribution in [2.24, 2.45) is 11.7 Å². The van der Waals surface area contributed by atoms with Gasteiger partial charge in [0.2, 0.25) is 5.91 Å². The number of ether oxygens (including phenoxy) is 1. The van der Waals surface area contributed by atoms with Gasteiger partial charge in [0, 0.05) is 50.1 Å². The first-order valence-electron chi connectivity index (χ1n) is 8.59. The molecular formula is C19H24N4O2. The van der Waals surface area contributed by atoms with Crippen LogP contribution in [0.5, 0.6) is 5.75 Å². The summed E-state index contributed by atoms with van der Waals surface area (Å²) in [4.78, 5) is 22.3. The number of aryl methyl sites for hydroxylation is 1. The number of hydrogen-bond acceptors (Lipinski definition) is 5. The highest BCUT2D eigenvalue weighted by Gasteiger charge is 2.32. The number of nitrogens with zero attached hydrogens (tertiary/aromatic N) is 3. The van der Waals surface area contributed by atoms with Crippen molar-refractivity contribution in [3.8, 4) is 5.75 Å². The molecule has 0 bridgehead atoms. The van der Waals surface area contributed by atoms with E-state index in [1.54, 1.807) is 12.4 Å². The van der Waals surface area contributed by atoms with Crippen LogP contribution in [0.2, 0.25) is 0 Å². The lowest BCUT2D eigenvalue weighted by Crippen LogP contribution is -2.46. The molecule has 2 aromatic heterocycles. The van der Waals surface area contributed by atoms with Crippen LogP contribution in [-0.2, 0) is 11.3 Å². The van der Waals surface area contributed by atoms with Crippen LogP contribution in [0.4, 0.5) is 0 Å². The lowest BCUT2D eigenvalue weighted by molar-refractivity contribution is -0.120. The Kier molecular flexibility index (Phi) is 5.60. The predicted octanol–water partition coefficient (Wildman–Crippen LogP) is 1.93. The van der Waals surface area contributed by atoms with E-state index in [9.17, 15) is 4.79 Å². The van der Waals surface area contributed by atoms with Crippen LogP contribution in [0.25, 0.3) is 0 Å². The average molecular weight is 340 g/mol. The second-order valence-electron chi connectivity index (χ2n) is 6.61. The van der Waals surface area contributed by atoms with Crippen LogP contribution >= 0.6 is 0 Å². The van der Waals surface area contributed by atoms with E-state index in [1.807, 2.05) is 31.3 Å². The number of rotatable bonds is 6. The van der Waals surface area contributed by atoms with Crippen molar-refractivity contribution in [1.29, 1.82) is 0 Å². The van der Waals surface area contributed by atoms with E-state index in [0.29, 0.717) is 6.42 Å². The molecule has 2 atom stereocenters. The number of likely N-dealkylation sites (tertiary alicyclic amines) is 1. The van der Waals surface area contributed by atoms with Crippen molar-refractivity contribution in [2.75, 3.05) is 13.1 Å². The minimum absolute atomic E-state index is 0.0240. The monoisotopic (exact) mass is 340 g/mol. The van der Waals surface area contributed by atoms with Gasteiger partial charge in [-0.1, -0.05) is 6.07 Å². The normalized spacial score (nSPS) is 21.0. The molecule has 2 N–H and O–H groups in total. The topological polar surface area (TPSA) is 81.3 Å². The Bertz CT molecular complexity index is 690. The number of carbonyl (C=O) groups excluding carboxylic acids is 1. The molecule has 6 heteroatoms. The zero-order chi connectivity index (χ0) is 17.6. The van der Waals surface area contributed by atoms with Gasteiger partial charge in [0.1, 0.15) is 11.9 Å². The van der Waals surface area contributed by atoms with Gasteiger partial charge in [-0.25, -0.2) is 0 Å². The molecule has 2 aromatic rings. The summed E-state index contributed by atoms with van der Waals surface area (Å²) in [7, 11) is 0. The minimum Gasteiger partial charge on any atom is -0.488 e. The molecular weight excluding hydrogens is 316 g/mol. The van der Waals surface area contributed by atoms with E-state index in [1.165, 1.54) is 5.56 Å². The molecule has 6 nitrogen and oxygen atoms in total. The summed E-state index contributed by atoms with van der Waals surface area (Å²) in [5, 5.41) is 0. The second kappa shape index (κ2) is 8.07. The zero-order valence-corrected chi connectivity index (χ0v) is 14.5. The smallest absolute Gasteiger partial charge is 0.217 e. The van der Waals surface area contributed by atoms with Gasteiger partial charge in [-0.05, 0) is 37.1 Å². The van der Waals surface area contributed by atoms with Gasteiger partial charge in [0.15, 0.2) is 0 Å². The van der Waals surface area contributed by atoms with E-state index in [-0.39, 0.29) is 17.9 Å². The Labute approximate surface area is 148 Å². The van der Waals surface area contributed by atoms with E-state index in [4.69, 9.17) is 10.5 Å². The summed E-state index contributed by atoms with van der Waals surface area (Å²) < 4.78 is 6.07. The van der Waals surface area contributed by atoms with Crippen molar-refractivity contribution in [3.05, 3.63) is 54.1 Å². The Balaban J connectivity index is 1.65. The highest BCUT2D eigenvalue weighted by molar-refractivity contribution is 5.74. The molecule has 1 saturated heterocycles. The van der Waals surface area contributed by atoms with Crippen molar-refractivity contribution >= 4 is 5.91 Å². The SMILES string of the molecule is Cc1ccc(CN2CC[C@@H](Oc3cccnc3)[C@H](CC(N)=O)C2)cn1. The summed E-state index contributed by atoms with van der Waals surface area (Å²) in [6, 6.07) is 7.86. The Hall–Kier alpha value is -2.47. The minimum atomic E-state index is -0.288. The largest absolute Gasteiger partial charge is 0.488 e. The van der Waals surface area contributed by atoms with Crippen LogP contribution in [0.3, 0.4) is 0 Å². The summed E-state index contributed by atoms with van der Waals surface area (Å²) in [5.74, 6) is 0.520. The molecule has 0 saturated carbocycles. The van der Waals surface area contributed by atoms with Crippen molar-refractivity contribution in [2.45, 2.75) is 32.4 Å². The Morgan fingerprint density at radius 3 is 2.92 bits per heavy atom. The molecule has 0 unspecified atom stereocenters. The van der Waals surface area contributed by atoms with Crippen molar-refractivity contribution in [1.82, 2.24) is 14.9 Å². The summed E-state index contributed by atoms with van der Waals surface area (Å²) in [6.45, 7) is 4.49. The molecule has 1 fully saturated rings. The number of nitrogens with two attached hydrogens (primary N) is 1. The van der Waals surface area contributed by atoms with Gasteiger partial charge in [-0.2, -0.15) is 0 Å². The van der Waals surface area contributed by atoms with E-state index in [2.05, 4.69) is 20.9 Å². The molecule has 0 aliphatic carbocycles. The van der Waals surface area contributed by atoms with Crippen molar-refractivity contribution < 1.29 is 9.53 Å². The quantitative estimate of drug-likeness (QED) is 0.869. The molecule has 0 aromatic carbocycles. The second-order valence-corrected chi connectivity index (χ2v) is 6.61. The van der Waals surface area contributed by atoms with Gasteiger partial charge in [0.05, 0.1) is 6.20 Å². The van der Waals surface area contributed by atoms with E-state index in [0.717, 1.165) is 37.5 Å². The third kappa shape index (κ3) is 5.00. The van der Waals surface area contributed by atoms with Crippen LogP contribution in [0.15, 0.2) is 42.9 Å². The van der Waals surface area contributed by atoms with Gasteiger partial charge in [-0.15, -0.1) is 0 Å². The number of primary amides is 1. The average Bonchev–Trinajstić information content (AvgIpc) is 2.60. The van der Waals surface area contributed by atoms with Crippen LogP contribution in [0, 0.1) is 12.8 Å². The fourth-order valence-corrected chi connectivity index (χ4v) is 3.28. The highest BCUT2D eigenvalue weighted by Crippen LogP contribution is 2.26. The summed E-state index contributed by atoms with van der Waals surface area (Å²) in [6.07, 6.45) is 6.48. The maximum Gasteiger partial charge on any atom is 0.217 e. The number of aromatic nitrogens is 2. The van der Waals surface area contributed by atoms with E-state index >= 15 is 0 Å². The van der Waals surface area contributed by atoms with E-state index < -0.39 is 0 Å². The van der Waals surface area contributed by atoms with Crippen LogP contribution in [0.1, 0.15) is 24.1 Å². The van der Waals surface area contributed by atoms with Gasteiger partial charge in [0.25, 0.3) is 0 Å². The standard InChI is InChI=1S/C19H24N4O2/c1-14-4-5-15(10-22-14)12-23-8-6-18(16(13-23)9-19(20)24)25-17-3-2-7-21-11-17/h2-5,7,10-11,16,18H,6,8-9,12-13H2,1H3,(H2,20,24)/t16-,18-/m1/s1. The van der Waals surface area contributed by atoms with Crippen LogP contribution < -0.4 is 10.5 Å². The third-order valence-corrected chi connectivity index (χ3v) is 4.51. The molecule has 0 radical (unpaired) electrons. The Morgan fingerprint density at radius 2 is 2.24 bits per heavy atom. The van der Waals surface area contributed by atoms with Crippen LogP contribution in [-0.4, -0.2) is 40.0 Å². The number of piperidine rings is 1. The summed E-state index contributed by atoms with van der Waals surface area (Å²) >= 11 is 0. The first-order chi connectivity index (χ1) is 12.1. The predicted molar refractivity (Wildman–Crippen MR) is 94.8 cm³/mol. The molecule has 3 heterocycles. The maximum atomic E-state index is 11.5. The van der Waals surface area contributed by atoms with Gasteiger partial charge < -0.3 is 10.5 Å². The molecule has 0 spiro atoms. The molecule has 132 valence electrons. The lowest BCUT2D eigenvalue weighted by atomic mass is 9.91. The molecule has 1 aliphatic heterocycles. The third-order valence-electron chi connectivity index (χ3n) is 4.51. The van der Waals surface area contributed by atoms with Crippen molar-refractivity contribution in [3.63, 3.8) is 0 Å². The summed E-state index contributed by atoms with van der Waals surface area (Å²) in [5.41, 5.74) is 7.65. The lowest BCUT2D eigenvalue weighted by Gasteiger charge is -2.38. The van der Waals surface area contributed by atoms with Gasteiger partial charge in [-0.3, -0.25) is 19.7 Å². The molecule has 1 amide bonds. The Morgan fingerprint density at radius 1 is 1.36 bits per heavy atom. The van der Waals surface area contributed by atoms with Gasteiger partial charge >= 0.3 is 0 Å². The number of amides is 1. The fourth-order valence-electron chi connectivity index (χ4n) is 3.28. The zero-order valence-electron chi connectivity index (χ0n) is 14.5. The number of carbonyl (C=O) groups is 1. The highest BCUT2D eigenvalue weighted by atomic mass is 16.5.